The van der Waals surface area contributed by atoms with Gasteiger partial charge in [0.1, 0.15) is 0 Å². The summed E-state index contributed by atoms with van der Waals surface area (Å²) in [5, 5.41) is 2.13. The first kappa shape index (κ1) is 9.29. The third-order valence-corrected chi connectivity index (χ3v) is 3.70. The van der Waals surface area contributed by atoms with Gasteiger partial charge in [0.2, 0.25) is 0 Å². The first-order chi connectivity index (χ1) is 7.33. The zero-order valence-electron chi connectivity index (χ0n) is 8.59. The fraction of sp³-hybridized carbons (Fsp3) is 0.385. The second-order valence-electron chi connectivity index (χ2n) is 4.50. The Morgan fingerprint density at radius 1 is 1.33 bits per heavy atom. The number of aromatic amines is 1. The maximum absolute atomic E-state index is 6.02. The number of fused-ring (bicyclic) bond motifs is 1. The first-order valence-corrected chi connectivity index (χ1v) is 5.96. The predicted molar refractivity (Wildman–Crippen MR) is 64.4 cm³/mol. The summed E-state index contributed by atoms with van der Waals surface area (Å²) in [6.07, 6.45) is 7.55. The Balaban J connectivity index is 1.98. The van der Waals surface area contributed by atoms with Crippen molar-refractivity contribution in [1.29, 1.82) is 0 Å². The van der Waals surface area contributed by atoms with Crippen molar-refractivity contribution < 1.29 is 0 Å². The summed E-state index contributed by atoms with van der Waals surface area (Å²) < 4.78 is 0. The molecule has 1 aliphatic carbocycles. The largest absolute Gasteiger partial charge is 0.361 e. The Kier molecular flexibility index (Phi) is 2.21. The van der Waals surface area contributed by atoms with Crippen LogP contribution in [0.5, 0.6) is 0 Å². The van der Waals surface area contributed by atoms with Crippen LogP contribution in [0.4, 0.5) is 0 Å². The second kappa shape index (κ2) is 3.57. The Bertz CT molecular complexity index is 482. The van der Waals surface area contributed by atoms with Gasteiger partial charge in [-0.05, 0) is 36.1 Å². The monoisotopic (exact) mass is 219 g/mol. The summed E-state index contributed by atoms with van der Waals surface area (Å²) in [7, 11) is 0. The number of rotatable bonds is 2. The number of hydrogen-bond acceptors (Lipinski definition) is 0. The Hall–Kier alpha value is -0.950. The predicted octanol–water partition coefficient (Wildman–Crippen LogP) is 4.16. The van der Waals surface area contributed by atoms with E-state index in [9.17, 15) is 0 Å². The number of nitrogens with one attached hydrogen (secondary N) is 1. The average molecular weight is 220 g/mol. The van der Waals surface area contributed by atoms with Crippen LogP contribution in [0.3, 0.4) is 0 Å². The zero-order chi connectivity index (χ0) is 10.3. The minimum atomic E-state index is 0.831. The minimum absolute atomic E-state index is 0.831. The summed E-state index contributed by atoms with van der Waals surface area (Å²) in [6.45, 7) is 0. The lowest BCUT2D eigenvalue weighted by Crippen LogP contribution is -2.13. The molecule has 0 bridgehead atoms. The van der Waals surface area contributed by atoms with E-state index < -0.39 is 0 Å². The van der Waals surface area contributed by atoms with Gasteiger partial charge >= 0.3 is 0 Å². The van der Waals surface area contributed by atoms with E-state index >= 15 is 0 Å². The molecular formula is C13H14ClN. The first-order valence-electron chi connectivity index (χ1n) is 5.58. The maximum Gasteiger partial charge on any atom is 0.0457 e. The number of benzene rings is 1. The van der Waals surface area contributed by atoms with Crippen molar-refractivity contribution >= 4 is 22.5 Å². The molecule has 1 fully saturated rings. The van der Waals surface area contributed by atoms with Crippen molar-refractivity contribution in [3.63, 3.8) is 0 Å². The van der Waals surface area contributed by atoms with Crippen LogP contribution in [0.15, 0.2) is 24.4 Å². The van der Waals surface area contributed by atoms with Crippen molar-refractivity contribution in [2.75, 3.05) is 0 Å². The molecule has 78 valence electrons. The SMILES string of the molecule is Clc1ccc2[nH]cc(CC3CCC3)c2c1. The molecule has 0 atom stereocenters. The Morgan fingerprint density at radius 3 is 2.93 bits per heavy atom. The summed E-state index contributed by atoms with van der Waals surface area (Å²) >= 11 is 6.02. The van der Waals surface area contributed by atoms with Gasteiger partial charge in [-0.25, -0.2) is 0 Å². The van der Waals surface area contributed by atoms with E-state index in [1.54, 1.807) is 0 Å². The minimum Gasteiger partial charge on any atom is -0.361 e. The normalized spacial score (nSPS) is 16.9. The van der Waals surface area contributed by atoms with Crippen LogP contribution in [0.1, 0.15) is 24.8 Å². The van der Waals surface area contributed by atoms with E-state index in [1.807, 2.05) is 6.07 Å². The molecule has 1 aromatic carbocycles. The second-order valence-corrected chi connectivity index (χ2v) is 4.94. The average Bonchev–Trinajstić information content (AvgIpc) is 2.54. The maximum atomic E-state index is 6.02. The molecule has 2 aromatic rings. The molecule has 1 N–H and O–H groups in total. The molecule has 0 radical (unpaired) electrons. The van der Waals surface area contributed by atoms with Crippen molar-refractivity contribution in [2.24, 2.45) is 5.92 Å². The molecule has 1 aliphatic rings. The fourth-order valence-corrected chi connectivity index (χ4v) is 2.50. The Morgan fingerprint density at radius 2 is 2.20 bits per heavy atom. The molecule has 1 aromatic heterocycles. The van der Waals surface area contributed by atoms with E-state index in [1.165, 1.54) is 42.1 Å². The van der Waals surface area contributed by atoms with Crippen molar-refractivity contribution in [1.82, 2.24) is 4.98 Å². The molecule has 0 amide bonds. The van der Waals surface area contributed by atoms with Crippen LogP contribution >= 0.6 is 11.6 Å². The zero-order valence-corrected chi connectivity index (χ0v) is 9.35. The van der Waals surface area contributed by atoms with Crippen molar-refractivity contribution in [2.45, 2.75) is 25.7 Å². The molecule has 1 heterocycles. The third-order valence-electron chi connectivity index (χ3n) is 3.46. The molecule has 1 nitrogen and oxygen atoms in total. The number of halogens is 1. The van der Waals surface area contributed by atoms with Gasteiger partial charge in [0.15, 0.2) is 0 Å². The standard InChI is InChI=1S/C13H14ClN/c14-11-4-5-13-12(7-11)10(8-15-13)6-9-2-1-3-9/h4-5,7-9,15H,1-3,6H2. The van der Waals surface area contributed by atoms with Crippen molar-refractivity contribution in [3.8, 4) is 0 Å². The van der Waals surface area contributed by atoms with Gasteiger partial charge in [-0.15, -0.1) is 0 Å². The van der Waals surface area contributed by atoms with Crippen molar-refractivity contribution in [3.05, 3.63) is 35.0 Å². The van der Waals surface area contributed by atoms with E-state index in [4.69, 9.17) is 11.6 Å². The molecule has 3 rings (SSSR count). The van der Waals surface area contributed by atoms with E-state index in [-0.39, 0.29) is 0 Å². The van der Waals surface area contributed by atoms with Gasteiger partial charge in [-0.3, -0.25) is 0 Å². The number of hydrogen-bond donors (Lipinski definition) is 1. The van der Waals surface area contributed by atoms with Gasteiger partial charge in [-0.2, -0.15) is 0 Å². The third kappa shape index (κ3) is 1.65. The lowest BCUT2D eigenvalue weighted by molar-refractivity contribution is 0.315. The highest BCUT2D eigenvalue weighted by molar-refractivity contribution is 6.31. The number of H-pyrrole nitrogens is 1. The van der Waals surface area contributed by atoms with Gasteiger partial charge in [0.25, 0.3) is 0 Å². The van der Waals surface area contributed by atoms with Crippen LogP contribution in [0, 0.1) is 5.92 Å². The van der Waals surface area contributed by atoms with E-state index in [0.717, 1.165) is 10.9 Å². The molecular weight excluding hydrogens is 206 g/mol. The van der Waals surface area contributed by atoms with Gasteiger partial charge < -0.3 is 4.98 Å². The molecule has 15 heavy (non-hydrogen) atoms. The molecule has 2 heteroatoms. The highest BCUT2D eigenvalue weighted by Crippen LogP contribution is 2.32. The molecule has 0 spiro atoms. The van der Waals surface area contributed by atoms with Crippen LogP contribution < -0.4 is 0 Å². The molecule has 0 saturated heterocycles. The van der Waals surface area contributed by atoms with E-state index in [0.29, 0.717) is 0 Å². The molecule has 1 saturated carbocycles. The van der Waals surface area contributed by atoms with Crippen LogP contribution in [0.2, 0.25) is 5.02 Å². The topological polar surface area (TPSA) is 15.8 Å². The summed E-state index contributed by atoms with van der Waals surface area (Å²) in [5.74, 6) is 0.906. The quantitative estimate of drug-likeness (QED) is 0.781. The van der Waals surface area contributed by atoms with Crippen LogP contribution in [-0.2, 0) is 6.42 Å². The lowest BCUT2D eigenvalue weighted by atomic mass is 9.81. The van der Waals surface area contributed by atoms with Gasteiger partial charge in [-0.1, -0.05) is 30.9 Å². The fourth-order valence-electron chi connectivity index (χ4n) is 2.33. The van der Waals surface area contributed by atoms with Crippen LogP contribution in [0.25, 0.3) is 10.9 Å². The smallest absolute Gasteiger partial charge is 0.0457 e. The molecule has 0 unspecified atom stereocenters. The van der Waals surface area contributed by atoms with Gasteiger partial charge in [0, 0.05) is 22.1 Å². The van der Waals surface area contributed by atoms with Gasteiger partial charge in [0.05, 0.1) is 0 Å². The summed E-state index contributed by atoms with van der Waals surface area (Å²) in [6, 6.07) is 6.07. The molecule has 0 aliphatic heterocycles. The highest BCUT2D eigenvalue weighted by Gasteiger charge is 2.19. The summed E-state index contributed by atoms with van der Waals surface area (Å²) in [5.41, 5.74) is 2.63. The van der Waals surface area contributed by atoms with Crippen LogP contribution in [-0.4, -0.2) is 4.98 Å². The number of aromatic nitrogens is 1. The summed E-state index contributed by atoms with van der Waals surface area (Å²) in [4.78, 5) is 3.31. The highest BCUT2D eigenvalue weighted by atomic mass is 35.5. The Labute approximate surface area is 94.4 Å². The van der Waals surface area contributed by atoms with E-state index in [2.05, 4.69) is 23.3 Å². The lowest BCUT2D eigenvalue weighted by Gasteiger charge is -2.24.